The van der Waals surface area contributed by atoms with E-state index in [1.165, 1.54) is 12.8 Å². The number of anilines is 2. The maximum absolute atomic E-state index is 12.5. The van der Waals surface area contributed by atoms with Crippen LogP contribution in [0.5, 0.6) is 0 Å². The molecular weight excluding hydrogens is 332 g/mol. The van der Waals surface area contributed by atoms with Gasteiger partial charge >= 0.3 is 6.09 Å². The zero-order chi connectivity index (χ0) is 18.5. The van der Waals surface area contributed by atoms with Crippen LogP contribution in [0.4, 0.5) is 16.2 Å². The largest absolute Gasteiger partial charge is 0.453 e. The Morgan fingerprint density at radius 1 is 1.00 bits per heavy atom. The van der Waals surface area contributed by atoms with Crippen molar-refractivity contribution in [2.24, 2.45) is 5.92 Å². The van der Waals surface area contributed by atoms with Crippen LogP contribution in [0.3, 0.4) is 0 Å². The van der Waals surface area contributed by atoms with E-state index in [0.29, 0.717) is 25.9 Å². The highest BCUT2D eigenvalue weighted by Crippen LogP contribution is 2.22. The van der Waals surface area contributed by atoms with Crippen LogP contribution >= 0.6 is 0 Å². The molecule has 2 heterocycles. The molecule has 0 spiro atoms. The molecule has 0 radical (unpaired) electrons. The number of likely N-dealkylation sites (N-methyl/N-ethyl adjacent to an activating group) is 1. The average molecular weight is 360 g/mol. The molecule has 0 aliphatic carbocycles. The van der Waals surface area contributed by atoms with Gasteiger partial charge in [-0.15, -0.1) is 0 Å². The van der Waals surface area contributed by atoms with Crippen LogP contribution in [0.25, 0.3) is 0 Å². The van der Waals surface area contributed by atoms with E-state index in [-0.39, 0.29) is 17.9 Å². The number of nitrogens with one attached hydrogen (secondary N) is 1. The van der Waals surface area contributed by atoms with Crippen LogP contribution in [-0.2, 0) is 9.53 Å². The summed E-state index contributed by atoms with van der Waals surface area (Å²) in [6, 6.07) is 8.08. The molecule has 7 nitrogen and oxygen atoms in total. The summed E-state index contributed by atoms with van der Waals surface area (Å²) in [6.07, 6.45) is 1.02. The van der Waals surface area contributed by atoms with Crippen LogP contribution in [-0.4, -0.2) is 75.2 Å². The first-order chi connectivity index (χ1) is 12.6. The second-order valence-corrected chi connectivity index (χ2v) is 7.06. The lowest BCUT2D eigenvalue weighted by Gasteiger charge is -2.34. The number of benzene rings is 1. The molecule has 7 heteroatoms. The third kappa shape index (κ3) is 4.46. The number of nitrogens with zero attached hydrogens (tertiary/aromatic N) is 3. The highest BCUT2D eigenvalue weighted by atomic mass is 16.5. The molecule has 2 amide bonds. The summed E-state index contributed by atoms with van der Waals surface area (Å²) in [6.45, 7) is 5.33. The molecule has 0 unspecified atom stereocenters. The van der Waals surface area contributed by atoms with Gasteiger partial charge in [-0.25, -0.2) is 4.79 Å². The molecule has 142 valence electrons. The van der Waals surface area contributed by atoms with Gasteiger partial charge in [-0.2, -0.15) is 0 Å². The van der Waals surface area contributed by atoms with E-state index in [1.807, 2.05) is 12.1 Å². The van der Waals surface area contributed by atoms with Crippen molar-refractivity contribution >= 4 is 23.4 Å². The van der Waals surface area contributed by atoms with Gasteiger partial charge in [-0.1, -0.05) is 0 Å². The van der Waals surface area contributed by atoms with Crippen molar-refractivity contribution in [2.75, 3.05) is 63.6 Å². The number of likely N-dealkylation sites (tertiary alicyclic amines) is 1. The quantitative estimate of drug-likeness (QED) is 0.891. The molecule has 2 aliphatic rings. The topological polar surface area (TPSA) is 65.1 Å². The second kappa shape index (κ2) is 8.40. The van der Waals surface area contributed by atoms with Crippen molar-refractivity contribution < 1.29 is 14.3 Å². The summed E-state index contributed by atoms with van der Waals surface area (Å²) in [7, 11) is 3.53. The second-order valence-electron chi connectivity index (χ2n) is 7.06. The monoisotopic (exact) mass is 360 g/mol. The van der Waals surface area contributed by atoms with Gasteiger partial charge in [-0.3, -0.25) is 4.79 Å². The number of carbonyl (C=O) groups is 2. The third-order valence-corrected chi connectivity index (χ3v) is 5.30. The van der Waals surface area contributed by atoms with E-state index >= 15 is 0 Å². The molecule has 3 rings (SSSR count). The lowest BCUT2D eigenvalue weighted by molar-refractivity contribution is -0.121. The van der Waals surface area contributed by atoms with Crippen LogP contribution in [0, 0.1) is 5.92 Å². The van der Waals surface area contributed by atoms with Gasteiger partial charge in [0, 0.05) is 56.6 Å². The number of amides is 2. The maximum atomic E-state index is 12.5. The molecule has 0 bridgehead atoms. The summed E-state index contributed by atoms with van der Waals surface area (Å²) in [4.78, 5) is 30.3. The van der Waals surface area contributed by atoms with Gasteiger partial charge in [0.1, 0.15) is 0 Å². The average Bonchev–Trinajstić information content (AvgIpc) is 2.69. The minimum absolute atomic E-state index is 0.0295. The Hall–Kier alpha value is -2.28. The fourth-order valence-electron chi connectivity index (χ4n) is 3.52. The van der Waals surface area contributed by atoms with E-state index < -0.39 is 0 Å². The Bertz CT molecular complexity index is 618. The molecule has 2 saturated heterocycles. The smallest absolute Gasteiger partial charge is 0.409 e. The Labute approximate surface area is 154 Å². The molecule has 0 saturated carbocycles. The Morgan fingerprint density at radius 3 is 2.19 bits per heavy atom. The molecule has 1 aromatic rings. The number of ether oxygens (including phenoxy) is 1. The van der Waals surface area contributed by atoms with Crippen LogP contribution in [0.15, 0.2) is 24.3 Å². The predicted molar refractivity (Wildman–Crippen MR) is 101 cm³/mol. The number of piperazine rings is 1. The molecule has 2 fully saturated rings. The predicted octanol–water partition coefficient (Wildman–Crippen LogP) is 1.86. The van der Waals surface area contributed by atoms with E-state index in [9.17, 15) is 9.59 Å². The van der Waals surface area contributed by atoms with Gasteiger partial charge in [0.25, 0.3) is 0 Å². The normalized spacial score (nSPS) is 19.3. The van der Waals surface area contributed by atoms with Crippen molar-refractivity contribution in [3.8, 4) is 0 Å². The minimum atomic E-state index is -0.316. The van der Waals surface area contributed by atoms with E-state index in [2.05, 4.69) is 34.3 Å². The van der Waals surface area contributed by atoms with Crippen LogP contribution in [0.1, 0.15) is 12.8 Å². The number of piperidine rings is 1. The minimum Gasteiger partial charge on any atom is -0.453 e. The standard InChI is InChI=1S/C19H28N4O3/c1-21-11-13-22(14-12-21)17-5-3-16(4-6-17)20-18(24)15-7-9-23(10-8-15)19(25)26-2/h3-6,15H,7-14H2,1-2H3,(H,20,24). The maximum Gasteiger partial charge on any atom is 0.409 e. The molecule has 26 heavy (non-hydrogen) atoms. The highest BCUT2D eigenvalue weighted by molar-refractivity contribution is 5.92. The van der Waals surface area contributed by atoms with Crippen molar-refractivity contribution in [3.05, 3.63) is 24.3 Å². The summed E-state index contributed by atoms with van der Waals surface area (Å²) in [5, 5.41) is 3.01. The number of methoxy groups -OCH3 is 1. The molecule has 0 atom stereocenters. The number of carbonyl (C=O) groups excluding carboxylic acids is 2. The summed E-state index contributed by atoms with van der Waals surface area (Å²) < 4.78 is 4.73. The first-order valence-electron chi connectivity index (χ1n) is 9.24. The molecule has 1 N–H and O–H groups in total. The van der Waals surface area contributed by atoms with E-state index in [4.69, 9.17) is 4.74 Å². The number of hydrogen-bond donors (Lipinski definition) is 1. The van der Waals surface area contributed by atoms with E-state index in [0.717, 1.165) is 31.9 Å². The van der Waals surface area contributed by atoms with Crippen molar-refractivity contribution in [2.45, 2.75) is 12.8 Å². The van der Waals surface area contributed by atoms with Gasteiger partial charge < -0.3 is 24.8 Å². The third-order valence-electron chi connectivity index (χ3n) is 5.30. The SMILES string of the molecule is COC(=O)N1CCC(C(=O)Nc2ccc(N3CCN(C)CC3)cc2)CC1. The Kier molecular flexibility index (Phi) is 5.98. The van der Waals surface area contributed by atoms with Gasteiger partial charge in [0.05, 0.1) is 7.11 Å². The first kappa shape index (κ1) is 18.5. The van der Waals surface area contributed by atoms with Crippen LogP contribution in [0.2, 0.25) is 0 Å². The van der Waals surface area contributed by atoms with Gasteiger partial charge in [0.2, 0.25) is 5.91 Å². The number of hydrogen-bond acceptors (Lipinski definition) is 5. The Balaban J connectivity index is 1.50. The zero-order valence-corrected chi connectivity index (χ0v) is 15.6. The summed E-state index contributed by atoms with van der Waals surface area (Å²) in [5.41, 5.74) is 2.02. The summed E-state index contributed by atoms with van der Waals surface area (Å²) >= 11 is 0. The van der Waals surface area contributed by atoms with Crippen molar-refractivity contribution in [3.63, 3.8) is 0 Å². The zero-order valence-electron chi connectivity index (χ0n) is 15.6. The highest BCUT2D eigenvalue weighted by Gasteiger charge is 2.27. The van der Waals surface area contributed by atoms with Gasteiger partial charge in [-0.05, 0) is 44.2 Å². The van der Waals surface area contributed by atoms with Gasteiger partial charge in [0.15, 0.2) is 0 Å². The lowest BCUT2D eigenvalue weighted by atomic mass is 9.96. The Morgan fingerprint density at radius 2 is 1.62 bits per heavy atom. The fourth-order valence-corrected chi connectivity index (χ4v) is 3.52. The van der Waals surface area contributed by atoms with Crippen molar-refractivity contribution in [1.29, 1.82) is 0 Å². The van der Waals surface area contributed by atoms with Crippen LogP contribution < -0.4 is 10.2 Å². The number of rotatable bonds is 3. The fraction of sp³-hybridized carbons (Fsp3) is 0.579. The summed E-state index contributed by atoms with van der Waals surface area (Å²) in [5.74, 6) is -0.0323. The molecule has 1 aromatic carbocycles. The molecule has 0 aromatic heterocycles. The first-order valence-corrected chi connectivity index (χ1v) is 9.24. The molecular formula is C19H28N4O3. The molecule has 2 aliphatic heterocycles. The lowest BCUT2D eigenvalue weighted by Crippen LogP contribution is -2.44. The van der Waals surface area contributed by atoms with E-state index in [1.54, 1.807) is 4.90 Å². The van der Waals surface area contributed by atoms with Crippen molar-refractivity contribution in [1.82, 2.24) is 9.80 Å².